The Labute approximate surface area is 188 Å². The van der Waals surface area contributed by atoms with Crippen LogP contribution in [-0.4, -0.2) is 41.6 Å². The average molecular weight is 442 g/mol. The van der Waals surface area contributed by atoms with E-state index in [1.807, 2.05) is 30.3 Å². The number of amides is 3. The molecule has 1 N–H and O–H groups in total. The number of fused-ring (bicyclic) bond motifs is 2. The second kappa shape index (κ2) is 8.23. The van der Waals surface area contributed by atoms with Crippen molar-refractivity contribution in [1.29, 1.82) is 0 Å². The van der Waals surface area contributed by atoms with Gasteiger partial charge in [0, 0.05) is 6.07 Å². The van der Waals surface area contributed by atoms with Crippen LogP contribution in [0.15, 0.2) is 66.7 Å². The molecule has 2 aliphatic heterocycles. The summed E-state index contributed by atoms with van der Waals surface area (Å²) in [4.78, 5) is 51.3. The molecule has 8 nitrogen and oxygen atoms in total. The average Bonchev–Trinajstić information content (AvgIpc) is 3.07. The van der Waals surface area contributed by atoms with Gasteiger partial charge in [0.1, 0.15) is 12.4 Å². The molecule has 33 heavy (non-hydrogen) atoms. The molecule has 164 valence electrons. The summed E-state index contributed by atoms with van der Waals surface area (Å²) in [6, 6.07) is 19.0. The van der Waals surface area contributed by atoms with Crippen LogP contribution < -0.4 is 14.8 Å². The lowest BCUT2D eigenvalue weighted by atomic mass is 10.1. The number of hydrogen-bond acceptors (Lipinski definition) is 6. The largest absolute Gasteiger partial charge is 0.489 e. The van der Waals surface area contributed by atoms with Crippen molar-refractivity contribution in [3.63, 3.8) is 0 Å². The van der Waals surface area contributed by atoms with Crippen molar-refractivity contribution >= 4 is 29.2 Å². The number of hydrogen-bond donors (Lipinski definition) is 1. The molecule has 0 radical (unpaired) electrons. The predicted molar refractivity (Wildman–Crippen MR) is 117 cm³/mol. The number of anilines is 1. The SMILES string of the molecule is O=C1COc2c(cc(OCc3ccccc3)cc2C(=O)CN2C(=O)c3ccccc3C2=O)N1. The van der Waals surface area contributed by atoms with E-state index in [1.165, 1.54) is 6.07 Å². The molecule has 8 heteroatoms. The summed E-state index contributed by atoms with van der Waals surface area (Å²) in [5.41, 5.74) is 1.87. The zero-order valence-electron chi connectivity index (χ0n) is 17.4. The van der Waals surface area contributed by atoms with Gasteiger partial charge in [0.05, 0.1) is 28.9 Å². The topological polar surface area (TPSA) is 102 Å². The lowest BCUT2D eigenvalue weighted by Crippen LogP contribution is -2.35. The van der Waals surface area contributed by atoms with Crippen LogP contribution in [0, 0.1) is 0 Å². The van der Waals surface area contributed by atoms with Gasteiger partial charge in [0.2, 0.25) is 0 Å². The van der Waals surface area contributed by atoms with E-state index in [9.17, 15) is 19.2 Å². The van der Waals surface area contributed by atoms with E-state index in [0.29, 0.717) is 11.4 Å². The number of imide groups is 1. The van der Waals surface area contributed by atoms with Gasteiger partial charge in [-0.3, -0.25) is 24.1 Å². The van der Waals surface area contributed by atoms with Gasteiger partial charge in [0.25, 0.3) is 17.7 Å². The smallest absolute Gasteiger partial charge is 0.262 e. The number of nitrogens with one attached hydrogen (secondary N) is 1. The summed E-state index contributed by atoms with van der Waals surface area (Å²) >= 11 is 0. The summed E-state index contributed by atoms with van der Waals surface area (Å²) in [6.07, 6.45) is 0. The van der Waals surface area contributed by atoms with Crippen LogP contribution in [-0.2, 0) is 11.4 Å². The van der Waals surface area contributed by atoms with Crippen LogP contribution in [0.1, 0.15) is 36.6 Å². The summed E-state index contributed by atoms with van der Waals surface area (Å²) < 4.78 is 11.3. The Balaban J connectivity index is 1.43. The molecule has 0 saturated carbocycles. The van der Waals surface area contributed by atoms with E-state index in [0.717, 1.165) is 10.5 Å². The first kappa shape index (κ1) is 20.4. The molecule has 0 unspecified atom stereocenters. The number of Topliss-reactive ketones (excluding diaryl/α,β-unsaturated/α-hetero) is 1. The summed E-state index contributed by atoms with van der Waals surface area (Å²) in [7, 11) is 0. The number of carbonyl (C=O) groups excluding carboxylic acids is 4. The molecule has 0 fully saturated rings. The molecule has 0 aliphatic carbocycles. The Morgan fingerprint density at radius 2 is 1.61 bits per heavy atom. The van der Waals surface area contributed by atoms with Crippen molar-refractivity contribution in [1.82, 2.24) is 4.90 Å². The summed E-state index contributed by atoms with van der Waals surface area (Å²) in [6.45, 7) is -0.455. The normalized spacial score (nSPS) is 14.3. The number of rotatable bonds is 6. The number of carbonyl (C=O) groups is 4. The van der Waals surface area contributed by atoms with Crippen molar-refractivity contribution < 1.29 is 28.7 Å². The van der Waals surface area contributed by atoms with E-state index in [2.05, 4.69) is 5.32 Å². The van der Waals surface area contributed by atoms with Crippen LogP contribution >= 0.6 is 0 Å². The third-order valence-electron chi connectivity index (χ3n) is 5.41. The minimum absolute atomic E-state index is 0.118. The molecule has 3 aromatic rings. The maximum absolute atomic E-state index is 13.2. The zero-order chi connectivity index (χ0) is 22.9. The fourth-order valence-electron chi connectivity index (χ4n) is 3.82. The van der Waals surface area contributed by atoms with Gasteiger partial charge in [-0.2, -0.15) is 0 Å². The molecule has 0 saturated heterocycles. The third kappa shape index (κ3) is 3.82. The lowest BCUT2D eigenvalue weighted by Gasteiger charge is -2.22. The number of benzene rings is 3. The first-order chi connectivity index (χ1) is 16.0. The van der Waals surface area contributed by atoms with E-state index in [-0.39, 0.29) is 41.6 Å². The molecule has 2 heterocycles. The highest BCUT2D eigenvalue weighted by Gasteiger charge is 2.37. The van der Waals surface area contributed by atoms with Gasteiger partial charge in [-0.1, -0.05) is 42.5 Å². The standard InChI is InChI=1S/C25H18N2O6/c28-21(12-27-24(30)17-8-4-5-9-18(17)25(27)31)19-10-16(32-13-15-6-2-1-3-7-15)11-20-23(19)33-14-22(29)26-20/h1-11H,12-14H2,(H,26,29). The third-order valence-corrected chi connectivity index (χ3v) is 5.41. The lowest BCUT2D eigenvalue weighted by molar-refractivity contribution is -0.118. The van der Waals surface area contributed by atoms with Crippen molar-refractivity contribution in [3.8, 4) is 11.5 Å². The highest BCUT2D eigenvalue weighted by molar-refractivity contribution is 6.23. The minimum Gasteiger partial charge on any atom is -0.489 e. The number of ketones is 1. The van der Waals surface area contributed by atoms with Crippen LogP contribution in [0.25, 0.3) is 0 Å². The molecule has 0 spiro atoms. The van der Waals surface area contributed by atoms with Crippen molar-refractivity contribution in [2.24, 2.45) is 0 Å². The molecular formula is C25H18N2O6. The molecule has 2 aliphatic rings. The number of nitrogens with zero attached hydrogens (tertiary/aromatic N) is 1. The quantitative estimate of drug-likeness (QED) is 0.465. The molecule has 5 rings (SSSR count). The van der Waals surface area contributed by atoms with Gasteiger partial charge >= 0.3 is 0 Å². The fraction of sp³-hybridized carbons (Fsp3) is 0.120. The van der Waals surface area contributed by atoms with E-state index < -0.39 is 24.1 Å². The summed E-state index contributed by atoms with van der Waals surface area (Å²) in [5.74, 6) is -1.40. The zero-order valence-corrected chi connectivity index (χ0v) is 17.4. The Kier molecular flexibility index (Phi) is 5.10. The Morgan fingerprint density at radius 1 is 0.939 bits per heavy atom. The number of ether oxygens (including phenoxy) is 2. The fourth-order valence-corrected chi connectivity index (χ4v) is 3.82. The van der Waals surface area contributed by atoms with Crippen LogP contribution in [0.2, 0.25) is 0 Å². The van der Waals surface area contributed by atoms with E-state index >= 15 is 0 Å². The Hall–Kier alpha value is -4.46. The second-order valence-electron chi connectivity index (χ2n) is 7.62. The molecule has 0 aromatic heterocycles. The van der Waals surface area contributed by atoms with Gasteiger partial charge < -0.3 is 14.8 Å². The van der Waals surface area contributed by atoms with Crippen LogP contribution in [0.4, 0.5) is 5.69 Å². The Morgan fingerprint density at radius 3 is 2.30 bits per heavy atom. The first-order valence-corrected chi connectivity index (χ1v) is 10.3. The minimum atomic E-state index is -0.525. The maximum Gasteiger partial charge on any atom is 0.262 e. The predicted octanol–water partition coefficient (Wildman–Crippen LogP) is 3.08. The highest BCUT2D eigenvalue weighted by atomic mass is 16.5. The van der Waals surface area contributed by atoms with Gasteiger partial charge in [-0.25, -0.2) is 0 Å². The Bertz CT molecular complexity index is 1270. The first-order valence-electron chi connectivity index (χ1n) is 10.3. The second-order valence-corrected chi connectivity index (χ2v) is 7.62. The molecule has 0 atom stereocenters. The monoisotopic (exact) mass is 442 g/mol. The molecular weight excluding hydrogens is 424 g/mol. The molecule has 3 amide bonds. The van der Waals surface area contributed by atoms with Crippen LogP contribution in [0.5, 0.6) is 11.5 Å². The van der Waals surface area contributed by atoms with E-state index in [1.54, 1.807) is 30.3 Å². The van der Waals surface area contributed by atoms with E-state index in [4.69, 9.17) is 9.47 Å². The molecule has 3 aromatic carbocycles. The summed E-state index contributed by atoms with van der Waals surface area (Å²) in [5, 5.41) is 2.68. The molecule has 0 bridgehead atoms. The van der Waals surface area contributed by atoms with Crippen LogP contribution in [0.3, 0.4) is 0 Å². The van der Waals surface area contributed by atoms with Gasteiger partial charge in [0.15, 0.2) is 18.1 Å². The van der Waals surface area contributed by atoms with Crippen molar-refractivity contribution in [3.05, 3.63) is 89.0 Å². The van der Waals surface area contributed by atoms with Crippen molar-refractivity contribution in [2.45, 2.75) is 6.61 Å². The maximum atomic E-state index is 13.2. The van der Waals surface area contributed by atoms with Gasteiger partial charge in [-0.05, 0) is 23.8 Å². The van der Waals surface area contributed by atoms with Crippen molar-refractivity contribution in [2.75, 3.05) is 18.5 Å². The highest BCUT2D eigenvalue weighted by Crippen LogP contribution is 2.37. The van der Waals surface area contributed by atoms with Gasteiger partial charge in [-0.15, -0.1) is 0 Å².